The van der Waals surface area contributed by atoms with Crippen LogP contribution in [0, 0.1) is 0 Å². The number of rotatable bonds is 8. The highest BCUT2D eigenvalue weighted by molar-refractivity contribution is 5.92. The predicted molar refractivity (Wildman–Crippen MR) is 84.7 cm³/mol. The fourth-order valence-electron chi connectivity index (χ4n) is 2.26. The Morgan fingerprint density at radius 3 is 2.62 bits per heavy atom. The third kappa shape index (κ3) is 5.02. The van der Waals surface area contributed by atoms with Crippen LogP contribution in [0.3, 0.4) is 0 Å². The number of carbonyl (C=O) groups excluding carboxylic acids is 1. The number of nitrogens with zero attached hydrogens (tertiary/aromatic N) is 1. The summed E-state index contributed by atoms with van der Waals surface area (Å²) >= 11 is 0. The molecule has 1 aromatic rings. The molecule has 1 fully saturated rings. The maximum absolute atomic E-state index is 11.8. The summed E-state index contributed by atoms with van der Waals surface area (Å²) in [7, 11) is 3.78. The first kappa shape index (κ1) is 15.8. The van der Waals surface area contributed by atoms with Crippen molar-refractivity contribution < 1.29 is 9.53 Å². The average Bonchev–Trinajstić information content (AvgIpc) is 3.31. The lowest BCUT2D eigenvalue weighted by Crippen LogP contribution is -2.41. The van der Waals surface area contributed by atoms with Crippen LogP contribution < -0.4 is 15.4 Å². The smallest absolute Gasteiger partial charge is 0.238 e. The maximum atomic E-state index is 11.8. The van der Waals surface area contributed by atoms with Gasteiger partial charge in [-0.1, -0.05) is 0 Å². The summed E-state index contributed by atoms with van der Waals surface area (Å²) in [4.78, 5) is 14.2. The summed E-state index contributed by atoms with van der Waals surface area (Å²) in [6.07, 6.45) is 2.61. The summed E-state index contributed by atoms with van der Waals surface area (Å²) in [5, 5.41) is 6.07. The molecule has 1 aromatic carbocycles. The second kappa shape index (κ2) is 7.43. The third-order valence-electron chi connectivity index (χ3n) is 3.92. The van der Waals surface area contributed by atoms with Crippen molar-refractivity contribution in [3.63, 3.8) is 0 Å². The van der Waals surface area contributed by atoms with Crippen LogP contribution >= 0.6 is 0 Å². The van der Waals surface area contributed by atoms with Crippen LogP contribution in [-0.4, -0.2) is 50.1 Å². The lowest BCUT2D eigenvalue weighted by Gasteiger charge is -2.24. The van der Waals surface area contributed by atoms with E-state index in [1.807, 2.05) is 24.3 Å². The number of methoxy groups -OCH3 is 1. The van der Waals surface area contributed by atoms with Crippen LogP contribution in [0.4, 0.5) is 5.69 Å². The molecule has 5 nitrogen and oxygen atoms in total. The summed E-state index contributed by atoms with van der Waals surface area (Å²) in [5.74, 6) is 0.754. The van der Waals surface area contributed by atoms with Crippen molar-refractivity contribution in [3.8, 4) is 5.75 Å². The van der Waals surface area contributed by atoms with Gasteiger partial charge in [0.05, 0.1) is 13.7 Å². The molecule has 1 atom stereocenters. The predicted octanol–water partition coefficient (Wildman–Crippen LogP) is 1.71. The van der Waals surface area contributed by atoms with Gasteiger partial charge in [0.1, 0.15) is 5.75 Å². The zero-order valence-electron chi connectivity index (χ0n) is 13.1. The monoisotopic (exact) mass is 291 g/mol. The molecular weight excluding hydrogens is 266 g/mol. The minimum absolute atomic E-state index is 0.0264. The van der Waals surface area contributed by atoms with Gasteiger partial charge in [0.2, 0.25) is 5.91 Å². The van der Waals surface area contributed by atoms with E-state index >= 15 is 0 Å². The highest BCUT2D eigenvalue weighted by atomic mass is 16.5. The van der Waals surface area contributed by atoms with Crippen molar-refractivity contribution in [2.24, 2.45) is 0 Å². The van der Waals surface area contributed by atoms with Crippen LogP contribution in [0.1, 0.15) is 19.8 Å². The molecule has 1 aliphatic carbocycles. The molecule has 1 amide bonds. The molecule has 2 N–H and O–H groups in total. The fourth-order valence-corrected chi connectivity index (χ4v) is 2.26. The Hall–Kier alpha value is -1.59. The molecule has 116 valence electrons. The lowest BCUT2D eigenvalue weighted by atomic mass is 10.3. The van der Waals surface area contributed by atoms with Crippen molar-refractivity contribution in [2.45, 2.75) is 31.8 Å². The van der Waals surface area contributed by atoms with Gasteiger partial charge in [-0.15, -0.1) is 0 Å². The van der Waals surface area contributed by atoms with Crippen molar-refractivity contribution in [1.82, 2.24) is 10.2 Å². The summed E-state index contributed by atoms with van der Waals surface area (Å²) in [5.41, 5.74) is 0.783. The number of hydrogen-bond acceptors (Lipinski definition) is 4. The number of carbonyl (C=O) groups is 1. The molecule has 5 heteroatoms. The van der Waals surface area contributed by atoms with Crippen LogP contribution in [0.15, 0.2) is 24.3 Å². The first-order valence-electron chi connectivity index (χ1n) is 7.46. The van der Waals surface area contributed by atoms with Crippen molar-refractivity contribution >= 4 is 11.6 Å². The summed E-state index contributed by atoms with van der Waals surface area (Å²) in [6.45, 7) is 3.34. The highest BCUT2D eigenvalue weighted by Crippen LogP contribution is 2.26. The molecule has 0 aliphatic heterocycles. The maximum Gasteiger partial charge on any atom is 0.238 e. The van der Waals surface area contributed by atoms with Gasteiger partial charge >= 0.3 is 0 Å². The molecule has 1 saturated carbocycles. The van der Waals surface area contributed by atoms with Gasteiger partial charge in [-0.2, -0.15) is 0 Å². The van der Waals surface area contributed by atoms with E-state index in [0.29, 0.717) is 12.6 Å². The Labute approximate surface area is 126 Å². The number of nitrogens with one attached hydrogen (secondary N) is 2. The Bertz CT molecular complexity index is 457. The Morgan fingerprint density at radius 1 is 1.38 bits per heavy atom. The topological polar surface area (TPSA) is 53.6 Å². The molecule has 2 rings (SSSR count). The van der Waals surface area contributed by atoms with Crippen molar-refractivity contribution in [3.05, 3.63) is 24.3 Å². The number of likely N-dealkylation sites (N-methyl/N-ethyl adjacent to an activating group) is 1. The number of ether oxygens (including phenoxy) is 1. The van der Waals surface area contributed by atoms with E-state index < -0.39 is 0 Å². The average molecular weight is 291 g/mol. The van der Waals surface area contributed by atoms with Crippen LogP contribution in [0.2, 0.25) is 0 Å². The number of anilines is 1. The van der Waals surface area contributed by atoms with Gasteiger partial charge in [0.25, 0.3) is 0 Å². The van der Waals surface area contributed by atoms with Gasteiger partial charge in [-0.25, -0.2) is 0 Å². The van der Waals surface area contributed by atoms with E-state index in [1.165, 1.54) is 12.8 Å². The van der Waals surface area contributed by atoms with Crippen LogP contribution in [-0.2, 0) is 4.79 Å². The molecule has 0 saturated heterocycles. The van der Waals surface area contributed by atoms with E-state index in [2.05, 4.69) is 29.5 Å². The fraction of sp³-hybridized carbons (Fsp3) is 0.562. The zero-order chi connectivity index (χ0) is 15.2. The van der Waals surface area contributed by atoms with E-state index in [9.17, 15) is 4.79 Å². The van der Waals surface area contributed by atoms with E-state index in [-0.39, 0.29) is 5.91 Å². The minimum atomic E-state index is -0.0264. The largest absolute Gasteiger partial charge is 0.497 e. The standard InChI is InChI=1S/C16H25N3O2/c1-12(19(2)14-6-7-14)10-17-11-16(20)18-13-4-8-15(21-3)9-5-13/h4-5,8-9,12,14,17H,6-7,10-11H2,1-3H3,(H,18,20). The quantitative estimate of drug-likeness (QED) is 0.765. The van der Waals surface area contributed by atoms with Crippen LogP contribution in [0.25, 0.3) is 0 Å². The molecule has 0 radical (unpaired) electrons. The normalized spacial score (nSPS) is 15.8. The van der Waals surface area contributed by atoms with Crippen LogP contribution in [0.5, 0.6) is 5.75 Å². The van der Waals surface area contributed by atoms with Crippen molar-refractivity contribution in [2.75, 3.05) is 32.6 Å². The van der Waals surface area contributed by atoms with Gasteiger partial charge in [0, 0.05) is 24.3 Å². The Morgan fingerprint density at radius 2 is 2.05 bits per heavy atom. The van der Waals surface area contributed by atoms with E-state index in [0.717, 1.165) is 24.0 Å². The second-order valence-corrected chi connectivity index (χ2v) is 5.65. The molecule has 21 heavy (non-hydrogen) atoms. The highest BCUT2D eigenvalue weighted by Gasteiger charge is 2.28. The summed E-state index contributed by atoms with van der Waals surface area (Å²) in [6, 6.07) is 8.52. The van der Waals surface area contributed by atoms with E-state index in [1.54, 1.807) is 7.11 Å². The minimum Gasteiger partial charge on any atom is -0.497 e. The van der Waals surface area contributed by atoms with Crippen molar-refractivity contribution in [1.29, 1.82) is 0 Å². The first-order chi connectivity index (χ1) is 10.1. The lowest BCUT2D eigenvalue weighted by molar-refractivity contribution is -0.115. The zero-order valence-corrected chi connectivity index (χ0v) is 13.1. The Balaban J connectivity index is 1.66. The number of hydrogen-bond donors (Lipinski definition) is 2. The van der Waals surface area contributed by atoms with Gasteiger partial charge < -0.3 is 15.4 Å². The second-order valence-electron chi connectivity index (χ2n) is 5.65. The molecule has 0 bridgehead atoms. The molecule has 1 aliphatic rings. The first-order valence-corrected chi connectivity index (χ1v) is 7.46. The third-order valence-corrected chi connectivity index (χ3v) is 3.92. The van der Waals surface area contributed by atoms with Gasteiger partial charge in [0.15, 0.2) is 0 Å². The SMILES string of the molecule is COc1ccc(NC(=O)CNCC(C)N(C)C2CC2)cc1. The molecule has 1 unspecified atom stereocenters. The van der Waals surface area contributed by atoms with Gasteiger partial charge in [-0.3, -0.25) is 9.69 Å². The number of benzene rings is 1. The molecular formula is C16H25N3O2. The van der Waals surface area contributed by atoms with Gasteiger partial charge in [-0.05, 0) is 51.1 Å². The molecule has 0 spiro atoms. The van der Waals surface area contributed by atoms with E-state index in [4.69, 9.17) is 4.74 Å². The Kier molecular flexibility index (Phi) is 5.59. The summed E-state index contributed by atoms with van der Waals surface area (Å²) < 4.78 is 5.08. The molecule has 0 heterocycles. The molecule has 0 aromatic heterocycles. The number of amides is 1.